The van der Waals surface area contributed by atoms with Gasteiger partial charge in [-0.3, -0.25) is 0 Å². The van der Waals surface area contributed by atoms with E-state index in [4.69, 9.17) is 0 Å². The van der Waals surface area contributed by atoms with E-state index in [-0.39, 0.29) is 13.5 Å². The van der Waals surface area contributed by atoms with E-state index >= 15 is 0 Å². The maximum absolute atomic E-state index is 9.67. The van der Waals surface area contributed by atoms with Crippen LogP contribution in [0.25, 0.3) is 22.3 Å². The molecule has 3 rings (SSSR count). The first-order valence-electron chi connectivity index (χ1n) is 8.05. The number of rotatable bonds is 2. The Labute approximate surface area is 160 Å². The first-order chi connectivity index (χ1) is 11.9. The minimum absolute atomic E-state index is 0. The zero-order chi connectivity index (χ0) is 18.4. The van der Waals surface area contributed by atoms with Crippen LogP contribution in [0.1, 0.15) is 16.7 Å². The normalized spacial score (nSPS) is 9.96. The van der Waals surface area contributed by atoms with Crippen molar-refractivity contribution < 1.29 is 13.2 Å². The number of hydrogen-bond donors (Lipinski definition) is 0. The van der Waals surface area contributed by atoms with E-state index < -0.39 is 6.68 Å². The highest BCUT2D eigenvalue weighted by Gasteiger charge is 2.11. The molecule has 0 atom stereocenters. The molecule has 0 spiro atoms. The van der Waals surface area contributed by atoms with Crippen molar-refractivity contribution in [3.63, 3.8) is 0 Å². The van der Waals surface area contributed by atoms with E-state index in [1.165, 1.54) is 38.9 Å². The quantitative estimate of drug-likeness (QED) is 0.442. The Balaban J connectivity index is 0.000000616. The van der Waals surface area contributed by atoms with Crippen molar-refractivity contribution in [3.05, 3.63) is 83.4 Å². The van der Waals surface area contributed by atoms with Crippen LogP contribution >= 0.6 is 13.5 Å². The molecule has 3 aromatic carbocycles. The lowest BCUT2D eigenvalue weighted by Crippen LogP contribution is -1.92. The molecule has 0 aliphatic heterocycles. The largest absolute Gasteiger partial charge is 0.379 e. The third-order valence-corrected chi connectivity index (χ3v) is 3.96. The number of halogens is 3. The topological polar surface area (TPSA) is 0 Å². The molecule has 0 nitrogen and oxygen atoms in total. The molecule has 0 aliphatic rings. The van der Waals surface area contributed by atoms with E-state index in [2.05, 4.69) is 87.5 Å². The molecular formula is C22H23F3S. The maximum Gasteiger partial charge on any atom is 0.379 e. The summed E-state index contributed by atoms with van der Waals surface area (Å²) >= 11 is 0. The average molecular weight is 376 g/mol. The molecule has 0 aromatic heterocycles. The van der Waals surface area contributed by atoms with Crippen molar-refractivity contribution in [3.8, 4) is 22.3 Å². The fourth-order valence-electron chi connectivity index (χ4n) is 3.18. The molecule has 26 heavy (non-hydrogen) atoms. The average Bonchev–Trinajstić information content (AvgIpc) is 2.55. The van der Waals surface area contributed by atoms with E-state index in [1.807, 2.05) is 0 Å². The van der Waals surface area contributed by atoms with Crippen LogP contribution in [0.2, 0.25) is 0 Å². The van der Waals surface area contributed by atoms with Crippen molar-refractivity contribution in [2.24, 2.45) is 0 Å². The summed E-state index contributed by atoms with van der Waals surface area (Å²) in [6, 6.07) is 23.8. The van der Waals surface area contributed by atoms with Crippen molar-refractivity contribution in [2.75, 3.05) is 0 Å². The molecule has 0 radical (unpaired) electrons. The monoisotopic (exact) mass is 376 g/mol. The molecule has 0 fully saturated rings. The SMILES string of the molecule is Cc1cc(C)c(-c2ccccc2-c2ccccc2)c(C)c1.FC(F)F.S. The van der Waals surface area contributed by atoms with E-state index in [9.17, 15) is 13.2 Å². The second-order valence-corrected chi connectivity index (χ2v) is 5.93. The number of alkyl halides is 3. The van der Waals surface area contributed by atoms with Gasteiger partial charge < -0.3 is 0 Å². The first kappa shape index (κ1) is 21.8. The van der Waals surface area contributed by atoms with Crippen molar-refractivity contribution in [1.29, 1.82) is 0 Å². The fourth-order valence-corrected chi connectivity index (χ4v) is 3.18. The molecule has 0 unspecified atom stereocenters. The highest BCUT2D eigenvalue weighted by atomic mass is 32.1. The highest BCUT2D eigenvalue weighted by Crippen LogP contribution is 2.36. The maximum atomic E-state index is 9.67. The Kier molecular flexibility index (Phi) is 8.46. The lowest BCUT2D eigenvalue weighted by molar-refractivity contribution is 0.00819. The van der Waals surface area contributed by atoms with Gasteiger partial charge in [0.15, 0.2) is 0 Å². The molecule has 0 N–H and O–H groups in total. The molecule has 4 heteroatoms. The first-order valence-corrected chi connectivity index (χ1v) is 8.05. The highest BCUT2D eigenvalue weighted by molar-refractivity contribution is 7.59. The Morgan fingerprint density at radius 1 is 0.654 bits per heavy atom. The smallest absolute Gasteiger partial charge is 0.197 e. The lowest BCUT2D eigenvalue weighted by atomic mass is 9.88. The summed E-state index contributed by atoms with van der Waals surface area (Å²) in [5.41, 5.74) is 9.26. The molecule has 0 saturated carbocycles. The van der Waals surface area contributed by atoms with Crippen molar-refractivity contribution in [1.82, 2.24) is 0 Å². The Bertz CT molecular complexity index is 804. The second kappa shape index (κ2) is 10.1. The van der Waals surface area contributed by atoms with Crippen LogP contribution in [0.15, 0.2) is 66.7 Å². The summed E-state index contributed by atoms with van der Waals surface area (Å²) in [4.78, 5) is 0. The zero-order valence-corrected chi connectivity index (χ0v) is 16.1. The minimum Gasteiger partial charge on any atom is -0.197 e. The molecule has 0 bridgehead atoms. The summed E-state index contributed by atoms with van der Waals surface area (Å²) < 4.78 is 29.0. The summed E-state index contributed by atoms with van der Waals surface area (Å²) in [6.45, 7) is 2.90. The van der Waals surface area contributed by atoms with Gasteiger partial charge in [0, 0.05) is 0 Å². The Morgan fingerprint density at radius 3 is 1.58 bits per heavy atom. The van der Waals surface area contributed by atoms with Gasteiger partial charge in [-0.15, -0.1) is 0 Å². The second-order valence-electron chi connectivity index (χ2n) is 5.93. The van der Waals surface area contributed by atoms with E-state index in [0.29, 0.717) is 0 Å². The number of benzene rings is 3. The van der Waals surface area contributed by atoms with Gasteiger partial charge in [-0.05, 0) is 54.2 Å². The van der Waals surface area contributed by atoms with Crippen LogP contribution in [0, 0.1) is 20.8 Å². The summed E-state index contributed by atoms with van der Waals surface area (Å²) in [5, 5.41) is 0. The van der Waals surface area contributed by atoms with E-state index in [1.54, 1.807) is 0 Å². The van der Waals surface area contributed by atoms with E-state index in [0.717, 1.165) is 0 Å². The molecule has 0 aliphatic carbocycles. The number of hydrogen-bond acceptors (Lipinski definition) is 0. The van der Waals surface area contributed by atoms with Gasteiger partial charge >= 0.3 is 6.68 Å². The van der Waals surface area contributed by atoms with Gasteiger partial charge in [0.25, 0.3) is 0 Å². The van der Waals surface area contributed by atoms with Crippen LogP contribution in [-0.2, 0) is 0 Å². The number of aryl methyl sites for hydroxylation is 3. The van der Waals surface area contributed by atoms with Gasteiger partial charge in [-0.25, -0.2) is 0 Å². The predicted octanol–water partition coefficient (Wildman–Crippen LogP) is 7.24. The summed E-state index contributed by atoms with van der Waals surface area (Å²) in [7, 11) is 0. The van der Waals surface area contributed by atoms with Crippen LogP contribution in [0.4, 0.5) is 13.2 Å². The van der Waals surface area contributed by atoms with Gasteiger partial charge in [0.1, 0.15) is 0 Å². The fraction of sp³-hybridized carbons (Fsp3) is 0.182. The molecule has 3 aromatic rings. The molecular weight excluding hydrogens is 353 g/mol. The lowest BCUT2D eigenvalue weighted by Gasteiger charge is -2.16. The summed E-state index contributed by atoms with van der Waals surface area (Å²) in [5.74, 6) is 0. The molecule has 0 saturated heterocycles. The van der Waals surface area contributed by atoms with Crippen LogP contribution in [-0.4, -0.2) is 6.68 Å². The van der Waals surface area contributed by atoms with Crippen LogP contribution < -0.4 is 0 Å². The van der Waals surface area contributed by atoms with Crippen molar-refractivity contribution >= 4 is 13.5 Å². The third kappa shape index (κ3) is 5.67. The van der Waals surface area contributed by atoms with Gasteiger partial charge in [-0.2, -0.15) is 26.7 Å². The zero-order valence-electron chi connectivity index (χ0n) is 15.1. The molecule has 138 valence electrons. The Hall–Kier alpha value is -2.20. The van der Waals surface area contributed by atoms with Crippen LogP contribution in [0.3, 0.4) is 0 Å². The Morgan fingerprint density at radius 2 is 1.08 bits per heavy atom. The van der Waals surface area contributed by atoms with Gasteiger partial charge in [-0.1, -0.05) is 72.3 Å². The minimum atomic E-state index is -3.67. The summed E-state index contributed by atoms with van der Waals surface area (Å²) in [6.07, 6.45) is 0. The van der Waals surface area contributed by atoms with Crippen molar-refractivity contribution in [2.45, 2.75) is 27.5 Å². The molecule has 0 heterocycles. The van der Waals surface area contributed by atoms with Crippen LogP contribution in [0.5, 0.6) is 0 Å². The van der Waals surface area contributed by atoms with Gasteiger partial charge in [0.05, 0.1) is 0 Å². The van der Waals surface area contributed by atoms with Gasteiger partial charge in [0.2, 0.25) is 0 Å². The standard InChI is InChI=1S/C21H20.CHF3.H2S/c1-15-13-16(2)21(17(3)14-15)20-12-8-7-11-19(20)18-9-5-4-6-10-18;2-1(3)4;/h4-14H,1-3H3;1H;1H2. The third-order valence-electron chi connectivity index (χ3n) is 3.96. The predicted molar refractivity (Wildman–Crippen MR) is 109 cm³/mol. The molecule has 0 amide bonds.